The van der Waals surface area contributed by atoms with Crippen LogP contribution in [0.5, 0.6) is 0 Å². The van der Waals surface area contributed by atoms with Crippen LogP contribution in [0.15, 0.2) is 83.9 Å². The molecule has 0 radical (unpaired) electrons. The van der Waals surface area contributed by atoms with Crippen LogP contribution in [-0.4, -0.2) is 25.9 Å². The Hall–Kier alpha value is -3.03. The van der Waals surface area contributed by atoms with Gasteiger partial charge in [-0.05, 0) is 42.3 Å². The van der Waals surface area contributed by atoms with Crippen molar-refractivity contribution in [1.29, 1.82) is 0 Å². The number of pyridine rings is 1. The first-order valence-corrected chi connectivity index (χ1v) is 10.3. The molecule has 0 atom stereocenters. The third kappa shape index (κ3) is 5.48. The second kappa shape index (κ2) is 9.25. The summed E-state index contributed by atoms with van der Waals surface area (Å²) in [5, 5.41) is 2.74. The van der Waals surface area contributed by atoms with Crippen molar-refractivity contribution in [3.05, 3.63) is 95.8 Å². The number of benzene rings is 2. The Morgan fingerprint density at radius 2 is 1.71 bits per heavy atom. The highest BCUT2D eigenvalue weighted by atomic mass is 32.2. The fourth-order valence-electron chi connectivity index (χ4n) is 2.64. The minimum Gasteiger partial charge on any atom is -0.346 e. The van der Waals surface area contributed by atoms with Crippen LogP contribution >= 0.6 is 0 Å². The number of carbonyl (C=O) groups excluding carboxylic acids is 1. The van der Waals surface area contributed by atoms with Crippen molar-refractivity contribution in [2.75, 3.05) is 6.54 Å². The quantitative estimate of drug-likeness (QED) is 0.613. The smallest absolute Gasteiger partial charge is 0.251 e. The predicted molar refractivity (Wildman–Crippen MR) is 107 cm³/mol. The van der Waals surface area contributed by atoms with Crippen molar-refractivity contribution in [2.24, 2.45) is 0 Å². The van der Waals surface area contributed by atoms with Crippen molar-refractivity contribution in [2.45, 2.75) is 17.9 Å². The molecule has 3 rings (SSSR count). The van der Waals surface area contributed by atoms with Crippen LogP contribution in [0.4, 0.5) is 0 Å². The first-order chi connectivity index (χ1) is 13.5. The molecule has 28 heavy (non-hydrogen) atoms. The third-order valence-corrected chi connectivity index (χ3v) is 5.57. The van der Waals surface area contributed by atoms with Crippen LogP contribution in [0.3, 0.4) is 0 Å². The Balaban J connectivity index is 1.61. The van der Waals surface area contributed by atoms with Crippen LogP contribution < -0.4 is 10.0 Å². The lowest BCUT2D eigenvalue weighted by Gasteiger charge is -2.09. The van der Waals surface area contributed by atoms with E-state index in [1.165, 1.54) is 12.1 Å². The summed E-state index contributed by atoms with van der Waals surface area (Å²) < 4.78 is 27.6. The summed E-state index contributed by atoms with van der Waals surface area (Å²) in [6.45, 7) is 0.550. The van der Waals surface area contributed by atoms with Crippen LogP contribution in [0.1, 0.15) is 21.6 Å². The molecule has 144 valence electrons. The zero-order chi connectivity index (χ0) is 19.8. The fourth-order valence-corrected chi connectivity index (χ4v) is 3.72. The van der Waals surface area contributed by atoms with E-state index in [9.17, 15) is 13.2 Å². The lowest BCUT2D eigenvalue weighted by molar-refractivity contribution is 0.0950. The number of nitrogens with zero attached hydrogens (tertiary/aromatic N) is 1. The number of hydrogen-bond donors (Lipinski definition) is 2. The molecule has 0 fully saturated rings. The average Bonchev–Trinajstić information content (AvgIpc) is 2.73. The second-order valence-corrected chi connectivity index (χ2v) is 7.93. The number of hydrogen-bond acceptors (Lipinski definition) is 4. The number of aromatic nitrogens is 1. The molecule has 2 aromatic carbocycles. The Labute approximate surface area is 164 Å². The monoisotopic (exact) mass is 395 g/mol. The van der Waals surface area contributed by atoms with Gasteiger partial charge in [0.1, 0.15) is 0 Å². The highest BCUT2D eigenvalue weighted by molar-refractivity contribution is 7.89. The van der Waals surface area contributed by atoms with E-state index in [-0.39, 0.29) is 29.5 Å². The minimum atomic E-state index is -3.70. The van der Waals surface area contributed by atoms with Gasteiger partial charge in [-0.25, -0.2) is 13.1 Å². The summed E-state index contributed by atoms with van der Waals surface area (Å²) in [6.07, 6.45) is 2.24. The molecular weight excluding hydrogens is 374 g/mol. The van der Waals surface area contributed by atoms with Gasteiger partial charge in [-0.1, -0.05) is 42.5 Å². The molecule has 0 aliphatic heterocycles. The van der Waals surface area contributed by atoms with Crippen molar-refractivity contribution in [3.8, 4) is 0 Å². The molecule has 7 heteroatoms. The normalized spacial score (nSPS) is 11.1. The maximum Gasteiger partial charge on any atom is 0.251 e. The average molecular weight is 395 g/mol. The Morgan fingerprint density at radius 1 is 0.929 bits per heavy atom. The fraction of sp³-hybridized carbons (Fsp3) is 0.143. The van der Waals surface area contributed by atoms with E-state index in [2.05, 4.69) is 15.0 Å². The topological polar surface area (TPSA) is 88.2 Å². The molecule has 3 aromatic rings. The molecule has 0 saturated carbocycles. The number of nitrogens with one attached hydrogen (secondary N) is 2. The summed E-state index contributed by atoms with van der Waals surface area (Å²) in [6, 6.07) is 21.1. The minimum absolute atomic E-state index is 0.0612. The van der Waals surface area contributed by atoms with Crippen LogP contribution in [0.2, 0.25) is 0 Å². The second-order valence-electron chi connectivity index (χ2n) is 6.16. The maximum atomic E-state index is 12.5. The number of sulfonamides is 1. The number of amides is 1. The van der Waals surface area contributed by atoms with Crippen molar-refractivity contribution < 1.29 is 13.2 Å². The largest absolute Gasteiger partial charge is 0.346 e. The van der Waals surface area contributed by atoms with E-state index < -0.39 is 10.0 Å². The van der Waals surface area contributed by atoms with Gasteiger partial charge in [0.15, 0.2) is 0 Å². The highest BCUT2D eigenvalue weighted by Gasteiger charge is 2.16. The Kier molecular flexibility index (Phi) is 6.52. The summed E-state index contributed by atoms with van der Waals surface area (Å²) in [7, 11) is -3.70. The first-order valence-electron chi connectivity index (χ1n) is 8.86. The lowest BCUT2D eigenvalue weighted by atomic mass is 10.2. The van der Waals surface area contributed by atoms with E-state index in [0.29, 0.717) is 6.42 Å². The molecule has 2 N–H and O–H groups in total. The van der Waals surface area contributed by atoms with Gasteiger partial charge in [0.2, 0.25) is 10.0 Å². The third-order valence-electron chi connectivity index (χ3n) is 4.11. The van der Waals surface area contributed by atoms with Gasteiger partial charge in [0.25, 0.3) is 5.91 Å². The summed E-state index contributed by atoms with van der Waals surface area (Å²) in [5.74, 6) is -0.355. The summed E-state index contributed by atoms with van der Waals surface area (Å²) in [5.41, 5.74) is 2.05. The molecule has 1 heterocycles. The van der Waals surface area contributed by atoms with Gasteiger partial charge < -0.3 is 5.32 Å². The maximum absolute atomic E-state index is 12.5. The first kappa shape index (κ1) is 19.7. The molecule has 1 aromatic heterocycles. The Bertz CT molecular complexity index is 1020. The predicted octanol–water partition coefficient (Wildman–Crippen LogP) is 2.53. The van der Waals surface area contributed by atoms with Crippen LogP contribution in [0, 0.1) is 0 Å². The van der Waals surface area contributed by atoms with Gasteiger partial charge in [-0.3, -0.25) is 9.78 Å². The standard InChI is InChI=1S/C21H21N3O3S/c25-21(23-16-19-10-4-5-13-22-19)18-9-6-11-20(15-18)28(26,27)24-14-12-17-7-2-1-3-8-17/h1-11,13,15,24H,12,14,16H2,(H,23,25). The summed E-state index contributed by atoms with van der Waals surface area (Å²) in [4.78, 5) is 16.5. The van der Waals surface area contributed by atoms with E-state index in [0.717, 1.165) is 11.3 Å². The molecule has 0 aliphatic rings. The van der Waals surface area contributed by atoms with E-state index >= 15 is 0 Å². The number of carbonyl (C=O) groups is 1. The zero-order valence-corrected chi connectivity index (χ0v) is 16.0. The van der Waals surface area contributed by atoms with E-state index in [1.807, 2.05) is 36.4 Å². The van der Waals surface area contributed by atoms with Crippen molar-refractivity contribution >= 4 is 15.9 Å². The number of rotatable bonds is 8. The molecule has 6 nitrogen and oxygen atoms in total. The van der Waals surface area contributed by atoms with E-state index in [1.54, 1.807) is 30.5 Å². The van der Waals surface area contributed by atoms with Crippen molar-refractivity contribution in [3.63, 3.8) is 0 Å². The van der Waals surface area contributed by atoms with Crippen LogP contribution in [0.25, 0.3) is 0 Å². The summed E-state index contributed by atoms with van der Waals surface area (Å²) >= 11 is 0. The lowest BCUT2D eigenvalue weighted by Crippen LogP contribution is -2.27. The van der Waals surface area contributed by atoms with Gasteiger partial charge in [0.05, 0.1) is 17.1 Å². The Morgan fingerprint density at radius 3 is 2.46 bits per heavy atom. The van der Waals surface area contributed by atoms with Crippen LogP contribution in [-0.2, 0) is 23.0 Å². The zero-order valence-electron chi connectivity index (χ0n) is 15.2. The molecule has 0 saturated heterocycles. The molecule has 0 unspecified atom stereocenters. The van der Waals surface area contributed by atoms with E-state index in [4.69, 9.17) is 0 Å². The van der Waals surface area contributed by atoms with Gasteiger partial charge in [-0.2, -0.15) is 0 Å². The molecule has 0 aliphatic carbocycles. The van der Waals surface area contributed by atoms with Crippen molar-refractivity contribution in [1.82, 2.24) is 15.0 Å². The molecule has 1 amide bonds. The molecule has 0 spiro atoms. The van der Waals surface area contributed by atoms with Gasteiger partial charge >= 0.3 is 0 Å². The molecule has 0 bridgehead atoms. The SMILES string of the molecule is O=C(NCc1ccccn1)c1cccc(S(=O)(=O)NCCc2ccccc2)c1. The van der Waals surface area contributed by atoms with Gasteiger partial charge in [-0.15, -0.1) is 0 Å². The molecular formula is C21H21N3O3S. The van der Waals surface area contributed by atoms with Gasteiger partial charge in [0, 0.05) is 18.3 Å². The highest BCUT2D eigenvalue weighted by Crippen LogP contribution is 2.12.